The minimum atomic E-state index is -5.18. The van der Waals surface area contributed by atoms with Crippen LogP contribution in [0.1, 0.15) is 60.8 Å². The molecule has 0 spiro atoms. The van der Waals surface area contributed by atoms with Gasteiger partial charge in [0, 0.05) is 0 Å². The van der Waals surface area contributed by atoms with E-state index in [2.05, 4.69) is 11.2 Å². The zero-order valence-corrected chi connectivity index (χ0v) is 17.1. The number of nitrogens with one attached hydrogen (secondary N) is 3. The van der Waals surface area contributed by atoms with E-state index < -0.39 is 20.5 Å². The van der Waals surface area contributed by atoms with Crippen LogP contribution in [0.25, 0.3) is 0 Å². The fourth-order valence-electron chi connectivity index (χ4n) is 1.60. The number of nitrogens with two attached hydrogens (primary N) is 1. The second kappa shape index (κ2) is 6.91. The topological polar surface area (TPSA) is 113 Å². The Bertz CT molecular complexity index is 383. The van der Waals surface area contributed by atoms with Gasteiger partial charge >= 0.3 is 129 Å². The van der Waals surface area contributed by atoms with E-state index in [4.69, 9.17) is 4.14 Å². The number of amides is 3. The minimum absolute atomic E-state index is 0.224. The van der Waals surface area contributed by atoms with Gasteiger partial charge in [-0.1, -0.05) is 0 Å². The molecule has 8 heteroatoms. The van der Waals surface area contributed by atoms with Gasteiger partial charge in [-0.3, -0.25) is 0 Å². The molecule has 0 aromatic carbocycles. The van der Waals surface area contributed by atoms with Crippen LogP contribution in [-0.2, 0) is 31.2 Å². The van der Waals surface area contributed by atoms with Crippen LogP contribution in [0.2, 0.25) is 3.63 Å². The summed E-state index contributed by atoms with van der Waals surface area (Å²) in [5, 5.41) is 0. The first-order valence-corrected chi connectivity index (χ1v) is 15.5. The molecule has 3 amide bonds. The number of carbonyl (C=O) groups is 3. The third-order valence-electron chi connectivity index (χ3n) is 3.43. The first kappa shape index (κ1) is 20.1. The standard InChI is InChI=1S/C4H9.3C3H7NO.H2N.Ta/c1-4(2)3;3*1-2-3(4)5;;/h1-3H3;3*2H2,1H3,(H2,4,5);1H2;/q;;;;-1;+4/p-3. The summed E-state index contributed by atoms with van der Waals surface area (Å²) in [6.45, 7) is 10.6. The molecular formula is C13H29N4O3Ta. The van der Waals surface area contributed by atoms with Crippen LogP contribution in [0.4, 0.5) is 0 Å². The van der Waals surface area contributed by atoms with Crippen molar-refractivity contribution in [3.8, 4) is 0 Å². The molecule has 0 saturated carbocycles. The molecule has 124 valence electrons. The third kappa shape index (κ3) is 4.54. The van der Waals surface area contributed by atoms with Gasteiger partial charge in [0.05, 0.1) is 0 Å². The van der Waals surface area contributed by atoms with E-state index >= 15 is 0 Å². The van der Waals surface area contributed by atoms with Crippen molar-refractivity contribution in [3.05, 3.63) is 0 Å². The summed E-state index contributed by atoms with van der Waals surface area (Å²) in [6, 6.07) is 0. The molecule has 0 fully saturated rings. The van der Waals surface area contributed by atoms with E-state index in [0.29, 0.717) is 0 Å². The van der Waals surface area contributed by atoms with Gasteiger partial charge < -0.3 is 0 Å². The fraction of sp³-hybridized carbons (Fsp3) is 0.769. The molecule has 0 aliphatic carbocycles. The maximum absolute atomic E-state index is 12.0. The van der Waals surface area contributed by atoms with Gasteiger partial charge in [0.1, 0.15) is 0 Å². The summed E-state index contributed by atoms with van der Waals surface area (Å²) in [4.78, 5) is 35.9. The van der Waals surface area contributed by atoms with Crippen LogP contribution in [0.3, 0.4) is 0 Å². The van der Waals surface area contributed by atoms with E-state index in [1.54, 1.807) is 20.8 Å². The van der Waals surface area contributed by atoms with E-state index in [1.165, 1.54) is 0 Å². The quantitative estimate of drug-likeness (QED) is 0.466. The van der Waals surface area contributed by atoms with Crippen LogP contribution >= 0.6 is 0 Å². The summed E-state index contributed by atoms with van der Waals surface area (Å²) < 4.78 is 14.4. The zero-order valence-electron chi connectivity index (χ0n) is 13.9. The van der Waals surface area contributed by atoms with E-state index in [9.17, 15) is 14.4 Å². The Morgan fingerprint density at radius 1 is 0.810 bits per heavy atom. The molecule has 0 radical (unpaired) electrons. The first-order chi connectivity index (χ1) is 9.42. The second-order valence-corrected chi connectivity index (χ2v) is 21.8. The number of hydrogen-bond donors (Lipinski definition) is 4. The zero-order chi connectivity index (χ0) is 16.9. The molecule has 0 aromatic heterocycles. The van der Waals surface area contributed by atoms with E-state index in [-0.39, 0.29) is 37.0 Å². The summed E-state index contributed by atoms with van der Waals surface area (Å²) >= 11 is -5.18. The third-order valence-corrected chi connectivity index (χ3v) is 21.1. The van der Waals surface area contributed by atoms with Gasteiger partial charge in [0.25, 0.3) is 0 Å². The molecule has 21 heavy (non-hydrogen) atoms. The molecule has 0 unspecified atom stereocenters. The number of rotatable bonds is 6. The van der Waals surface area contributed by atoms with E-state index in [1.807, 2.05) is 20.8 Å². The molecule has 0 aromatic rings. The molecule has 0 rings (SSSR count). The van der Waals surface area contributed by atoms with Gasteiger partial charge in [0.15, 0.2) is 0 Å². The summed E-state index contributed by atoms with van der Waals surface area (Å²) in [6.07, 6.45) is 0.673. The Hall–Kier alpha value is -0.890. The van der Waals surface area contributed by atoms with Crippen molar-refractivity contribution < 1.29 is 31.2 Å². The Labute approximate surface area is 129 Å². The molecule has 0 aliphatic rings. The molecule has 0 saturated heterocycles. The molecule has 0 bridgehead atoms. The van der Waals surface area contributed by atoms with Gasteiger partial charge in [-0.25, -0.2) is 0 Å². The van der Waals surface area contributed by atoms with Crippen molar-refractivity contribution in [2.45, 2.75) is 64.4 Å². The number of hydrogen-bond acceptors (Lipinski definition) is 4. The van der Waals surface area contributed by atoms with Gasteiger partial charge in [-0.2, -0.15) is 0 Å². The van der Waals surface area contributed by atoms with Gasteiger partial charge in [-0.05, 0) is 0 Å². The maximum atomic E-state index is 12.0. The van der Waals surface area contributed by atoms with E-state index in [0.717, 1.165) is 0 Å². The van der Waals surface area contributed by atoms with Crippen molar-refractivity contribution in [2.75, 3.05) is 0 Å². The van der Waals surface area contributed by atoms with Gasteiger partial charge in [0.2, 0.25) is 0 Å². The average Bonchev–Trinajstić information content (AvgIpc) is 2.36. The Kier molecular flexibility index (Phi) is 6.62. The predicted molar refractivity (Wildman–Crippen MR) is 79.2 cm³/mol. The van der Waals surface area contributed by atoms with Crippen molar-refractivity contribution in [3.63, 3.8) is 0 Å². The van der Waals surface area contributed by atoms with Crippen LogP contribution < -0.4 is 15.3 Å². The van der Waals surface area contributed by atoms with Crippen molar-refractivity contribution in [1.29, 1.82) is 0 Å². The SMILES string of the molecule is CCC(=O)[NH][Ta]([NH2])([NH]C(=O)CC)([NH]C(=O)CC)[C](C)(C)C. The Morgan fingerprint density at radius 2 is 1.05 bits per heavy atom. The van der Waals surface area contributed by atoms with Crippen LogP contribution in [0.5, 0.6) is 0 Å². The molecule has 0 heterocycles. The Balaban J connectivity index is 6.00. The van der Waals surface area contributed by atoms with Crippen molar-refractivity contribution in [2.24, 2.45) is 4.14 Å². The average molecular weight is 470 g/mol. The summed E-state index contributed by atoms with van der Waals surface area (Å²) in [5.74, 6) is -0.853. The molecule has 0 atom stereocenters. The van der Waals surface area contributed by atoms with Crippen molar-refractivity contribution >= 4 is 17.7 Å². The fourth-order valence-corrected chi connectivity index (χ4v) is 13.1. The normalized spacial score (nSPS) is 13.8. The first-order valence-electron chi connectivity index (χ1n) is 7.20. The van der Waals surface area contributed by atoms with Crippen LogP contribution in [0.15, 0.2) is 0 Å². The second-order valence-electron chi connectivity index (χ2n) is 6.02. The molecule has 7 nitrogen and oxygen atoms in total. The van der Waals surface area contributed by atoms with Crippen LogP contribution in [0, 0.1) is 0 Å². The van der Waals surface area contributed by atoms with Crippen LogP contribution in [-0.4, -0.2) is 17.7 Å². The monoisotopic (exact) mass is 470 g/mol. The predicted octanol–water partition coefficient (Wildman–Crippen LogP) is 1.09. The van der Waals surface area contributed by atoms with Gasteiger partial charge in [-0.15, -0.1) is 0 Å². The molecular weight excluding hydrogens is 441 g/mol. The summed E-state index contributed by atoms with van der Waals surface area (Å²) in [5.41, 5.74) is 0. The summed E-state index contributed by atoms with van der Waals surface area (Å²) in [7, 11) is 0. The van der Waals surface area contributed by atoms with Crippen molar-refractivity contribution in [1.82, 2.24) is 11.2 Å². The Morgan fingerprint density at radius 3 is 1.19 bits per heavy atom. The molecule has 0 aliphatic heterocycles. The number of carbonyl (C=O) groups excluding carboxylic acids is 3. The molecule has 5 N–H and O–H groups in total.